The molecule has 4 atom stereocenters. The zero-order valence-corrected chi connectivity index (χ0v) is 50.7. The van der Waals surface area contributed by atoms with Crippen molar-refractivity contribution in [1.82, 2.24) is 9.80 Å². The van der Waals surface area contributed by atoms with Crippen molar-refractivity contribution in [3.8, 4) is 28.7 Å². The van der Waals surface area contributed by atoms with Crippen LogP contribution in [-0.2, 0) is 18.3 Å². The Labute approximate surface area is 468 Å². The highest BCUT2D eigenvalue weighted by atomic mass is 28.4. The molecule has 1 spiro atoms. The molecule has 4 amide bonds. The van der Waals surface area contributed by atoms with E-state index in [0.29, 0.717) is 72.2 Å². The van der Waals surface area contributed by atoms with Crippen LogP contribution in [0, 0.1) is 5.41 Å². The summed E-state index contributed by atoms with van der Waals surface area (Å²) >= 11 is 0. The number of carbonyl (C=O) groups is 4. The van der Waals surface area contributed by atoms with Crippen LogP contribution in [0.4, 0.5) is 21.0 Å². The third-order valence-electron chi connectivity index (χ3n) is 17.0. The van der Waals surface area contributed by atoms with Crippen LogP contribution in [0.1, 0.15) is 113 Å². The summed E-state index contributed by atoms with van der Waals surface area (Å²) in [5, 5.41) is -0.449. The summed E-state index contributed by atoms with van der Waals surface area (Å²) < 4.78 is 56.1. The Balaban J connectivity index is 1.03. The van der Waals surface area contributed by atoms with Crippen molar-refractivity contribution in [2.45, 2.75) is 147 Å². The Bertz CT molecular complexity index is 2830. The van der Waals surface area contributed by atoms with Gasteiger partial charge in [0.05, 0.1) is 69.1 Å². The predicted molar refractivity (Wildman–Crippen MR) is 310 cm³/mol. The Morgan fingerprint density at radius 1 is 0.658 bits per heavy atom. The molecule has 2 fully saturated rings. The molecule has 1 saturated heterocycles. The lowest BCUT2D eigenvalue weighted by Gasteiger charge is -2.44. The van der Waals surface area contributed by atoms with E-state index in [1.165, 1.54) is 36.2 Å². The predicted octanol–water partition coefficient (Wildman–Crippen LogP) is 12.6. The number of methoxy groups -OCH3 is 3. The van der Waals surface area contributed by atoms with E-state index in [-0.39, 0.29) is 71.0 Å². The van der Waals surface area contributed by atoms with Crippen LogP contribution in [0.15, 0.2) is 80.0 Å². The molecular formula is C60H82N4O13Si2. The van der Waals surface area contributed by atoms with Gasteiger partial charge in [-0.3, -0.25) is 9.59 Å². The first kappa shape index (κ1) is 58.9. The number of hydrogen-bond acceptors (Lipinski definition) is 13. The highest BCUT2D eigenvalue weighted by Crippen LogP contribution is 2.58. The second-order valence-corrected chi connectivity index (χ2v) is 33.9. The number of fused-ring (bicyclic) bond motifs is 4. The molecule has 3 aromatic carbocycles. The molecule has 1 aliphatic carbocycles. The van der Waals surface area contributed by atoms with Gasteiger partial charge in [0.25, 0.3) is 11.8 Å². The van der Waals surface area contributed by atoms with Crippen molar-refractivity contribution < 1.29 is 61.2 Å². The van der Waals surface area contributed by atoms with Crippen molar-refractivity contribution in [2.75, 3.05) is 64.1 Å². The average Bonchev–Trinajstić information content (AvgIpc) is 3.90. The van der Waals surface area contributed by atoms with Gasteiger partial charge in [0.2, 0.25) is 0 Å². The molecule has 3 aromatic rings. The minimum Gasteiger partial charge on any atom is -0.497 e. The highest BCUT2D eigenvalue weighted by molar-refractivity contribution is 6.74. The van der Waals surface area contributed by atoms with Crippen LogP contribution in [0.3, 0.4) is 0 Å². The lowest BCUT2D eigenvalue weighted by molar-refractivity contribution is 0.0528. The number of hydrogen-bond donors (Lipinski definition) is 0. The third-order valence-corrected chi connectivity index (χ3v) is 25.9. The second kappa shape index (κ2) is 23.1. The third kappa shape index (κ3) is 12.0. The van der Waals surface area contributed by atoms with E-state index in [9.17, 15) is 19.2 Å². The molecule has 19 heteroatoms. The largest absolute Gasteiger partial charge is 0.497 e. The summed E-state index contributed by atoms with van der Waals surface area (Å²) in [6.07, 6.45) is 6.84. The molecule has 428 valence electrons. The summed E-state index contributed by atoms with van der Waals surface area (Å²) in [5.74, 6) is 1.56. The summed E-state index contributed by atoms with van der Waals surface area (Å²) in [6, 6.07) is 13.3. The Kier molecular flexibility index (Phi) is 17.2. The number of unbranched alkanes of at least 4 members (excludes halogenated alkanes) is 2. The molecule has 4 aliphatic heterocycles. The van der Waals surface area contributed by atoms with Gasteiger partial charge < -0.3 is 51.8 Å². The summed E-state index contributed by atoms with van der Waals surface area (Å²) in [7, 11) is -0.546. The lowest BCUT2D eigenvalue weighted by Crippen LogP contribution is -2.58. The monoisotopic (exact) mass is 1120 g/mol. The van der Waals surface area contributed by atoms with Crippen molar-refractivity contribution in [3.05, 3.63) is 96.7 Å². The molecule has 1 saturated carbocycles. The maximum absolute atomic E-state index is 15.0. The van der Waals surface area contributed by atoms with Gasteiger partial charge in [-0.05, 0) is 122 Å². The van der Waals surface area contributed by atoms with Crippen LogP contribution in [-0.4, -0.2) is 129 Å². The molecule has 0 N–H and O–H groups in total. The van der Waals surface area contributed by atoms with Crippen molar-refractivity contribution in [2.24, 2.45) is 5.41 Å². The normalized spacial score (nSPS) is 20.5. The topological polar surface area (TPSA) is 164 Å². The number of amides is 4. The van der Waals surface area contributed by atoms with Gasteiger partial charge in [-0.15, -0.1) is 0 Å². The van der Waals surface area contributed by atoms with Gasteiger partial charge in [0.15, 0.2) is 52.1 Å². The first-order chi connectivity index (χ1) is 37.3. The number of anilines is 2. The van der Waals surface area contributed by atoms with E-state index in [2.05, 4.69) is 80.9 Å². The van der Waals surface area contributed by atoms with E-state index in [1.54, 1.807) is 36.3 Å². The van der Waals surface area contributed by atoms with Crippen LogP contribution >= 0.6 is 0 Å². The number of carbonyl (C=O) groups excluding carboxylic acids is 4. The smallest absolute Gasteiger partial charge is 0.416 e. The van der Waals surface area contributed by atoms with Crippen molar-refractivity contribution in [3.63, 3.8) is 0 Å². The van der Waals surface area contributed by atoms with E-state index < -0.39 is 47.3 Å². The Hall–Kier alpha value is -6.29. The zero-order valence-electron chi connectivity index (χ0n) is 48.7. The van der Waals surface area contributed by atoms with Gasteiger partial charge >= 0.3 is 12.2 Å². The van der Waals surface area contributed by atoms with E-state index in [1.807, 2.05) is 35.4 Å². The molecule has 0 radical (unpaired) electrons. The van der Waals surface area contributed by atoms with Crippen LogP contribution in [0.2, 0.25) is 36.3 Å². The molecule has 2 unspecified atom stereocenters. The fraction of sp³-hybridized carbons (Fsp3) is 0.533. The maximum Gasteiger partial charge on any atom is 0.416 e. The van der Waals surface area contributed by atoms with Gasteiger partial charge in [-0.2, -0.15) is 0 Å². The Morgan fingerprint density at radius 2 is 1.14 bits per heavy atom. The number of benzene rings is 3. The number of rotatable bonds is 20. The molecular weight excluding hydrogens is 1040 g/mol. The second-order valence-electron chi connectivity index (χ2n) is 24.4. The van der Waals surface area contributed by atoms with Gasteiger partial charge in [0, 0.05) is 24.9 Å². The molecule has 17 nitrogen and oxygen atoms in total. The summed E-state index contributed by atoms with van der Waals surface area (Å²) in [6.45, 7) is 30.0. The van der Waals surface area contributed by atoms with Gasteiger partial charge in [0.1, 0.15) is 19.0 Å². The quantitative estimate of drug-likeness (QED) is 0.0597. The van der Waals surface area contributed by atoms with Gasteiger partial charge in [-0.1, -0.05) is 79.0 Å². The van der Waals surface area contributed by atoms with Crippen LogP contribution in [0.5, 0.6) is 28.7 Å². The molecule has 0 bridgehead atoms. The highest BCUT2D eigenvalue weighted by Gasteiger charge is 2.60. The Morgan fingerprint density at radius 3 is 1.58 bits per heavy atom. The van der Waals surface area contributed by atoms with E-state index >= 15 is 0 Å². The van der Waals surface area contributed by atoms with Crippen molar-refractivity contribution in [1.29, 1.82) is 0 Å². The molecule has 4 heterocycles. The summed E-state index contributed by atoms with van der Waals surface area (Å²) in [5.41, 5.74) is 2.97. The average molecular weight is 1120 g/mol. The van der Waals surface area contributed by atoms with Crippen molar-refractivity contribution >= 4 is 57.6 Å². The fourth-order valence-corrected chi connectivity index (χ4v) is 12.7. The molecule has 5 aliphatic rings. The molecule has 0 aromatic heterocycles. The SMILES string of the molecule is C=CCOC(=O)N1c2cc(OCCCCCOc3cc4c(cc3OC)C(=O)N3CC5(CC5)C[C@H]3C(O[Si](C)(C)C(C)(C)C)N4C(=O)OCC=C)c(OC)cc2C(=O)N2C=C(c3ccc(OC)cc3)C[C@H]2C1O[Si](C)(C)C(C)(C)C. The van der Waals surface area contributed by atoms with Crippen LogP contribution in [0.25, 0.3) is 5.57 Å². The van der Waals surface area contributed by atoms with E-state index in [4.69, 9.17) is 42.0 Å². The summed E-state index contributed by atoms with van der Waals surface area (Å²) in [4.78, 5) is 65.2. The number of ether oxygens (including phenoxy) is 7. The maximum atomic E-state index is 15.0. The van der Waals surface area contributed by atoms with E-state index in [0.717, 1.165) is 30.4 Å². The first-order valence-corrected chi connectivity index (χ1v) is 33.3. The van der Waals surface area contributed by atoms with Crippen LogP contribution < -0.4 is 33.5 Å². The zero-order chi connectivity index (χ0) is 57.4. The standard InChI is InChI=1S/C60H82N4O13Si2/c1-16-27-74-56(67)63-44-34-50(48(70-10)32-42(44)52(65)61-37-40(39-21-23-41(69-9)24-22-39)31-46(61)54(63)76-78(12,13)58(3,4)5)72-29-19-18-20-30-73-51-35-45-43(33-49(51)71-11)53(66)62-38-60(25-26-60)36-47(62)55(64(45)57(68)75-28-17-2)77-79(14,15)59(6,7)8/h16-17,21-24,32-35,37,46-47,54-55H,1-2,18-20,25-31,36,38H2,3-15H3/t46-,47-,54?,55?/m0/s1. The molecule has 79 heavy (non-hydrogen) atoms. The minimum absolute atomic E-state index is 0.0146. The lowest BCUT2D eigenvalue weighted by atomic mass is 10.0. The first-order valence-electron chi connectivity index (χ1n) is 27.5. The minimum atomic E-state index is -2.66. The number of nitrogens with zero attached hydrogens (tertiary/aromatic N) is 4. The molecule has 8 rings (SSSR count). The van der Waals surface area contributed by atoms with Gasteiger partial charge in [-0.25, -0.2) is 19.4 Å². The fourth-order valence-electron chi connectivity index (χ4n) is 10.3.